The fourth-order valence-corrected chi connectivity index (χ4v) is 2.59. The summed E-state index contributed by atoms with van der Waals surface area (Å²) in [5.41, 5.74) is 0.585. The maximum Gasteiger partial charge on any atom is 0.319 e. The molecule has 2 rings (SSSR count). The first-order chi connectivity index (χ1) is 9.63. The van der Waals surface area contributed by atoms with Crippen LogP contribution in [0, 0.1) is 0 Å². The summed E-state index contributed by atoms with van der Waals surface area (Å²) in [4.78, 5) is 14.1. The van der Waals surface area contributed by atoms with Crippen molar-refractivity contribution in [1.29, 1.82) is 0 Å². The van der Waals surface area contributed by atoms with Crippen molar-refractivity contribution in [3.05, 3.63) is 28.2 Å². The molecule has 20 heavy (non-hydrogen) atoms. The lowest BCUT2D eigenvalue weighted by atomic mass is 10.3. The molecule has 0 aliphatic carbocycles. The first-order valence-electron chi connectivity index (χ1n) is 6.57. The molecule has 1 aliphatic rings. The molecule has 0 spiro atoms. The molecule has 1 aliphatic heterocycles. The van der Waals surface area contributed by atoms with Crippen LogP contribution in [0.1, 0.15) is 0 Å². The van der Waals surface area contributed by atoms with E-state index in [-0.39, 0.29) is 6.03 Å². The lowest BCUT2D eigenvalue weighted by Crippen LogP contribution is -2.46. The van der Waals surface area contributed by atoms with Crippen molar-refractivity contribution >= 4 is 34.9 Å². The Hall–Kier alpha value is -1.01. The zero-order valence-electron chi connectivity index (χ0n) is 11.1. The quantitative estimate of drug-likeness (QED) is 0.796. The molecule has 1 saturated heterocycles. The molecular formula is C13H18Cl2N4O. The molecule has 0 aromatic heterocycles. The van der Waals surface area contributed by atoms with Gasteiger partial charge in [-0.05, 0) is 18.2 Å². The zero-order valence-corrected chi connectivity index (χ0v) is 12.6. The summed E-state index contributed by atoms with van der Waals surface area (Å²) in [5.74, 6) is 0. The van der Waals surface area contributed by atoms with Crippen molar-refractivity contribution in [2.75, 3.05) is 44.6 Å². The Morgan fingerprint density at radius 1 is 1.20 bits per heavy atom. The molecule has 0 radical (unpaired) electrons. The standard InChI is InChI=1S/C13H18Cl2N4O/c14-10-7-11(15)9-12(8-10)18-13(20)17-3-6-19-4-1-16-2-5-19/h7-9,16H,1-6H2,(H2,17,18,20). The lowest BCUT2D eigenvalue weighted by molar-refractivity contribution is 0.233. The van der Waals surface area contributed by atoms with Gasteiger partial charge in [0.25, 0.3) is 0 Å². The summed E-state index contributed by atoms with van der Waals surface area (Å²) in [7, 11) is 0. The number of urea groups is 1. The summed E-state index contributed by atoms with van der Waals surface area (Å²) >= 11 is 11.7. The average molecular weight is 317 g/mol. The highest BCUT2D eigenvalue weighted by Gasteiger charge is 2.09. The molecule has 1 fully saturated rings. The third-order valence-electron chi connectivity index (χ3n) is 3.04. The highest BCUT2D eigenvalue weighted by Crippen LogP contribution is 2.22. The highest BCUT2D eigenvalue weighted by atomic mass is 35.5. The van der Waals surface area contributed by atoms with Crippen molar-refractivity contribution in [3.63, 3.8) is 0 Å². The third-order valence-corrected chi connectivity index (χ3v) is 3.48. The Kier molecular flexibility index (Phi) is 5.91. The first kappa shape index (κ1) is 15.4. The van der Waals surface area contributed by atoms with Gasteiger partial charge in [-0.15, -0.1) is 0 Å². The van der Waals surface area contributed by atoms with Gasteiger partial charge in [-0.2, -0.15) is 0 Å². The molecule has 1 aromatic rings. The van der Waals surface area contributed by atoms with Crippen LogP contribution >= 0.6 is 23.2 Å². The Balaban J connectivity index is 1.72. The van der Waals surface area contributed by atoms with Gasteiger partial charge in [0.2, 0.25) is 0 Å². The number of rotatable bonds is 4. The van der Waals surface area contributed by atoms with Crippen molar-refractivity contribution in [3.8, 4) is 0 Å². The van der Waals surface area contributed by atoms with Crippen molar-refractivity contribution < 1.29 is 4.79 Å². The Bertz CT molecular complexity index is 443. The van der Waals surface area contributed by atoms with E-state index in [1.807, 2.05) is 0 Å². The second-order valence-electron chi connectivity index (χ2n) is 4.63. The van der Waals surface area contributed by atoms with E-state index in [0.29, 0.717) is 22.3 Å². The number of nitrogens with one attached hydrogen (secondary N) is 3. The van der Waals surface area contributed by atoms with Crippen molar-refractivity contribution in [1.82, 2.24) is 15.5 Å². The topological polar surface area (TPSA) is 56.4 Å². The molecule has 5 nitrogen and oxygen atoms in total. The largest absolute Gasteiger partial charge is 0.337 e. The molecule has 3 N–H and O–H groups in total. The van der Waals surface area contributed by atoms with Gasteiger partial charge in [0.15, 0.2) is 0 Å². The van der Waals surface area contributed by atoms with Gasteiger partial charge in [-0.1, -0.05) is 23.2 Å². The second-order valence-corrected chi connectivity index (χ2v) is 5.50. The number of carbonyl (C=O) groups is 1. The minimum absolute atomic E-state index is 0.251. The Morgan fingerprint density at radius 3 is 2.50 bits per heavy atom. The van der Waals surface area contributed by atoms with Crippen LogP contribution in [0.2, 0.25) is 10.0 Å². The lowest BCUT2D eigenvalue weighted by Gasteiger charge is -2.27. The van der Waals surface area contributed by atoms with Gasteiger partial charge < -0.3 is 16.0 Å². The molecule has 1 heterocycles. The summed E-state index contributed by atoms with van der Waals surface area (Å²) < 4.78 is 0. The number of carbonyl (C=O) groups excluding carboxylic acids is 1. The molecule has 0 saturated carbocycles. The number of hydrogen-bond acceptors (Lipinski definition) is 3. The molecule has 7 heteroatoms. The number of anilines is 1. The van der Waals surface area contributed by atoms with E-state index in [2.05, 4.69) is 20.9 Å². The normalized spacial score (nSPS) is 15.9. The van der Waals surface area contributed by atoms with Gasteiger partial charge >= 0.3 is 6.03 Å². The van der Waals surface area contributed by atoms with Gasteiger partial charge in [0, 0.05) is 55.0 Å². The summed E-state index contributed by atoms with van der Waals surface area (Å²) in [6.07, 6.45) is 0. The van der Waals surface area contributed by atoms with Crippen LogP contribution in [0.15, 0.2) is 18.2 Å². The van der Waals surface area contributed by atoms with E-state index in [1.54, 1.807) is 18.2 Å². The fourth-order valence-electron chi connectivity index (χ4n) is 2.06. The van der Waals surface area contributed by atoms with Gasteiger partial charge in [-0.25, -0.2) is 4.79 Å². The van der Waals surface area contributed by atoms with E-state index < -0.39 is 0 Å². The summed E-state index contributed by atoms with van der Waals surface area (Å²) in [5, 5.41) is 9.81. The molecule has 0 unspecified atom stereocenters. The number of benzene rings is 1. The van der Waals surface area contributed by atoms with E-state index in [4.69, 9.17) is 23.2 Å². The molecular weight excluding hydrogens is 299 g/mol. The van der Waals surface area contributed by atoms with E-state index in [1.165, 1.54) is 0 Å². The predicted octanol–water partition coefficient (Wildman–Crippen LogP) is 2.02. The number of hydrogen-bond donors (Lipinski definition) is 3. The molecule has 2 amide bonds. The smallest absolute Gasteiger partial charge is 0.319 e. The third kappa shape index (κ3) is 5.17. The maximum atomic E-state index is 11.7. The monoisotopic (exact) mass is 316 g/mol. The average Bonchev–Trinajstić information content (AvgIpc) is 2.38. The number of halogens is 2. The number of piperazine rings is 1. The Morgan fingerprint density at radius 2 is 1.85 bits per heavy atom. The van der Waals surface area contributed by atoms with Crippen molar-refractivity contribution in [2.45, 2.75) is 0 Å². The van der Waals surface area contributed by atoms with Gasteiger partial charge in [0.1, 0.15) is 0 Å². The molecule has 1 aromatic carbocycles. The Labute approximate surface area is 128 Å². The molecule has 0 atom stereocenters. The minimum atomic E-state index is -0.251. The van der Waals surface area contributed by atoms with Crippen LogP contribution in [0.3, 0.4) is 0 Å². The van der Waals surface area contributed by atoms with E-state index in [9.17, 15) is 4.79 Å². The number of amides is 2. The number of nitrogens with zero attached hydrogens (tertiary/aromatic N) is 1. The fraction of sp³-hybridized carbons (Fsp3) is 0.462. The van der Waals surface area contributed by atoms with Crippen LogP contribution in [0.25, 0.3) is 0 Å². The second kappa shape index (κ2) is 7.69. The molecule has 0 bridgehead atoms. The van der Waals surface area contributed by atoms with Crippen molar-refractivity contribution in [2.24, 2.45) is 0 Å². The van der Waals surface area contributed by atoms with Crippen LogP contribution < -0.4 is 16.0 Å². The summed E-state index contributed by atoms with van der Waals surface area (Å²) in [6, 6.07) is 4.68. The van der Waals surface area contributed by atoms with Crippen LogP contribution in [0.5, 0.6) is 0 Å². The van der Waals surface area contributed by atoms with Crippen LogP contribution in [-0.4, -0.2) is 50.2 Å². The SMILES string of the molecule is O=C(NCCN1CCNCC1)Nc1cc(Cl)cc(Cl)c1. The maximum absolute atomic E-state index is 11.7. The predicted molar refractivity (Wildman–Crippen MR) is 82.8 cm³/mol. The van der Waals surface area contributed by atoms with Gasteiger partial charge in [-0.3, -0.25) is 4.90 Å². The summed E-state index contributed by atoms with van der Waals surface area (Å²) in [6.45, 7) is 5.52. The zero-order chi connectivity index (χ0) is 14.4. The first-order valence-corrected chi connectivity index (χ1v) is 7.33. The van der Waals surface area contributed by atoms with Crippen LogP contribution in [0.4, 0.5) is 10.5 Å². The van der Waals surface area contributed by atoms with Gasteiger partial charge in [0.05, 0.1) is 0 Å². The molecule has 110 valence electrons. The van der Waals surface area contributed by atoms with E-state index in [0.717, 1.165) is 32.7 Å². The highest BCUT2D eigenvalue weighted by molar-refractivity contribution is 6.35. The van der Waals surface area contributed by atoms with E-state index >= 15 is 0 Å². The van der Waals surface area contributed by atoms with Crippen LogP contribution in [-0.2, 0) is 0 Å². The minimum Gasteiger partial charge on any atom is -0.337 e.